The van der Waals surface area contributed by atoms with Crippen LogP contribution in [-0.4, -0.2) is 14.8 Å². The molecule has 0 aromatic carbocycles. The van der Waals surface area contributed by atoms with Crippen molar-refractivity contribution in [3.8, 4) is 0 Å². The molecule has 0 radical (unpaired) electrons. The predicted molar refractivity (Wildman–Crippen MR) is 51.4 cm³/mol. The Labute approximate surface area is 86.9 Å². The molecular weight excluding hydrogens is 299 g/mol. The lowest BCUT2D eigenvalue weighted by atomic mass is 10.2. The van der Waals surface area contributed by atoms with Crippen LogP contribution in [0.1, 0.15) is 19.3 Å². The minimum Gasteiger partial charge on any atom is -0.301 e. The van der Waals surface area contributed by atoms with Gasteiger partial charge in [0.1, 0.15) is 9.52 Å². The zero-order chi connectivity index (χ0) is 8.91. The van der Waals surface area contributed by atoms with E-state index in [0.29, 0.717) is 19.3 Å². The van der Waals surface area contributed by atoms with Crippen molar-refractivity contribution in [3.05, 3.63) is 0 Å². The van der Waals surface area contributed by atoms with Crippen LogP contribution in [0.15, 0.2) is 0 Å². The number of carbonyl (C=O) groups excluding carboxylic acids is 2. The predicted octanol–water partition coefficient (Wildman–Crippen LogP) is 2.61. The lowest BCUT2D eigenvalue weighted by Gasteiger charge is -2.10. The van der Waals surface area contributed by atoms with E-state index < -0.39 is 3.23 Å². The molecule has 11 heavy (non-hydrogen) atoms. The molecule has 0 aromatic heterocycles. The van der Waals surface area contributed by atoms with E-state index in [4.69, 9.17) is 11.6 Å². The maximum Gasteiger partial charge on any atom is 0.221 e. The van der Waals surface area contributed by atoms with Crippen LogP contribution in [0, 0.1) is 0 Å². The van der Waals surface area contributed by atoms with E-state index in [2.05, 4.69) is 31.9 Å². The lowest BCUT2D eigenvalue weighted by Crippen LogP contribution is -2.12. The fraction of sp³-hybridized carbons (Fsp3) is 0.667. The fourth-order valence-electron chi connectivity index (χ4n) is 0.522. The van der Waals surface area contributed by atoms with Crippen molar-refractivity contribution in [3.63, 3.8) is 0 Å². The normalized spacial score (nSPS) is 11.2. The summed E-state index contributed by atoms with van der Waals surface area (Å²) in [6.45, 7) is 0. The van der Waals surface area contributed by atoms with E-state index in [0.717, 1.165) is 6.29 Å². The Hall–Kier alpha value is 0.590. The third-order valence-corrected chi connectivity index (χ3v) is 2.41. The van der Waals surface area contributed by atoms with Gasteiger partial charge < -0.3 is 4.79 Å². The maximum atomic E-state index is 10.3. The number of rotatable bonds is 5. The first-order chi connectivity index (χ1) is 4.98. The monoisotopic (exact) mass is 304 g/mol. The molecular formula is C6H7Br2ClO2. The van der Waals surface area contributed by atoms with Crippen molar-refractivity contribution in [2.45, 2.75) is 22.5 Å². The number of hydrogen-bond donors (Lipinski definition) is 0. The Morgan fingerprint density at radius 3 is 2.45 bits per heavy atom. The van der Waals surface area contributed by atoms with Crippen molar-refractivity contribution < 1.29 is 9.59 Å². The lowest BCUT2D eigenvalue weighted by molar-refractivity contribution is -0.112. The summed E-state index contributed by atoms with van der Waals surface area (Å²) in [5.41, 5.74) is 0. The van der Waals surface area contributed by atoms with Gasteiger partial charge in [-0.15, -0.1) is 0 Å². The van der Waals surface area contributed by atoms with Crippen LogP contribution in [0.5, 0.6) is 0 Å². The highest BCUT2D eigenvalue weighted by Gasteiger charge is 2.20. The van der Waals surface area contributed by atoms with E-state index in [1.807, 2.05) is 0 Å². The van der Waals surface area contributed by atoms with Gasteiger partial charge in [0.15, 0.2) is 0 Å². The summed E-state index contributed by atoms with van der Waals surface area (Å²) in [6.07, 6.45) is 2.19. The van der Waals surface area contributed by atoms with E-state index in [9.17, 15) is 9.59 Å². The van der Waals surface area contributed by atoms with Gasteiger partial charge in [0.2, 0.25) is 5.24 Å². The first kappa shape index (κ1) is 11.6. The van der Waals surface area contributed by atoms with Gasteiger partial charge in [-0.1, -0.05) is 31.9 Å². The molecule has 5 heteroatoms. The molecule has 0 saturated carbocycles. The van der Waals surface area contributed by atoms with Crippen LogP contribution in [0.4, 0.5) is 0 Å². The minimum absolute atomic E-state index is 0.300. The summed E-state index contributed by atoms with van der Waals surface area (Å²) in [5, 5.41) is -0.369. The molecule has 0 aliphatic heterocycles. The second kappa shape index (κ2) is 5.27. The molecule has 0 spiro atoms. The van der Waals surface area contributed by atoms with Crippen molar-refractivity contribution >= 4 is 55.0 Å². The van der Waals surface area contributed by atoms with Gasteiger partial charge in [0.05, 0.1) is 0 Å². The van der Waals surface area contributed by atoms with E-state index >= 15 is 0 Å². The second-order valence-electron chi connectivity index (χ2n) is 2.09. The second-order valence-corrected chi connectivity index (χ2v) is 6.40. The minimum atomic E-state index is -0.688. The summed E-state index contributed by atoms with van der Waals surface area (Å²) in [6, 6.07) is 0. The molecule has 0 saturated heterocycles. The Kier molecular flexibility index (Phi) is 5.56. The van der Waals surface area contributed by atoms with Crippen LogP contribution >= 0.6 is 43.5 Å². The standard InChI is InChI=1S/C6H7Br2ClO2/c7-6(8,4-10)3-1-2-5(9)11/h4H,1-3H2. The zero-order valence-corrected chi connectivity index (χ0v) is 9.58. The molecule has 0 unspecified atom stereocenters. The third-order valence-electron chi connectivity index (χ3n) is 1.06. The van der Waals surface area contributed by atoms with Gasteiger partial charge in [0, 0.05) is 6.42 Å². The Bertz CT molecular complexity index is 159. The Balaban J connectivity index is 3.53. The highest BCUT2D eigenvalue weighted by Crippen LogP contribution is 2.29. The van der Waals surface area contributed by atoms with Gasteiger partial charge in [-0.3, -0.25) is 4.79 Å². The molecule has 0 amide bonds. The van der Waals surface area contributed by atoms with E-state index in [-0.39, 0.29) is 5.24 Å². The van der Waals surface area contributed by atoms with Gasteiger partial charge in [-0.2, -0.15) is 0 Å². The summed E-state index contributed by atoms with van der Waals surface area (Å²) in [4.78, 5) is 20.6. The summed E-state index contributed by atoms with van der Waals surface area (Å²) < 4.78 is -0.688. The summed E-state index contributed by atoms with van der Waals surface area (Å²) >= 11 is 11.3. The Morgan fingerprint density at radius 1 is 1.55 bits per heavy atom. The van der Waals surface area contributed by atoms with Gasteiger partial charge in [0.25, 0.3) is 0 Å². The highest BCUT2D eigenvalue weighted by atomic mass is 79.9. The van der Waals surface area contributed by atoms with Gasteiger partial charge >= 0.3 is 0 Å². The topological polar surface area (TPSA) is 34.1 Å². The molecule has 64 valence electrons. The number of alkyl halides is 2. The molecule has 0 N–H and O–H groups in total. The molecule has 0 aromatic rings. The van der Waals surface area contributed by atoms with Crippen LogP contribution < -0.4 is 0 Å². The number of aldehydes is 1. The molecule has 0 aliphatic rings. The van der Waals surface area contributed by atoms with Crippen molar-refractivity contribution in [2.75, 3.05) is 0 Å². The average molecular weight is 306 g/mol. The van der Waals surface area contributed by atoms with Crippen LogP contribution in [-0.2, 0) is 9.59 Å². The number of hydrogen-bond acceptors (Lipinski definition) is 2. The average Bonchev–Trinajstić information content (AvgIpc) is 1.87. The van der Waals surface area contributed by atoms with Crippen molar-refractivity contribution in [2.24, 2.45) is 0 Å². The molecule has 0 fully saturated rings. The molecule has 0 atom stereocenters. The zero-order valence-electron chi connectivity index (χ0n) is 5.65. The van der Waals surface area contributed by atoms with Crippen LogP contribution in [0.3, 0.4) is 0 Å². The van der Waals surface area contributed by atoms with Gasteiger partial charge in [-0.25, -0.2) is 0 Å². The number of carbonyl (C=O) groups is 2. The smallest absolute Gasteiger partial charge is 0.221 e. The highest BCUT2D eigenvalue weighted by molar-refractivity contribution is 9.25. The largest absolute Gasteiger partial charge is 0.301 e. The molecule has 0 bridgehead atoms. The summed E-state index contributed by atoms with van der Waals surface area (Å²) in [5.74, 6) is 0. The summed E-state index contributed by atoms with van der Waals surface area (Å²) in [7, 11) is 0. The Morgan fingerprint density at radius 2 is 2.09 bits per heavy atom. The molecule has 0 aliphatic carbocycles. The molecule has 0 heterocycles. The van der Waals surface area contributed by atoms with Crippen LogP contribution in [0.2, 0.25) is 0 Å². The molecule has 2 nitrogen and oxygen atoms in total. The third kappa shape index (κ3) is 6.97. The fourth-order valence-corrected chi connectivity index (χ4v) is 1.22. The SMILES string of the molecule is O=CC(Br)(Br)CCCC(=O)Cl. The first-order valence-electron chi connectivity index (χ1n) is 3.00. The quantitative estimate of drug-likeness (QED) is 0.444. The molecule has 0 rings (SSSR count). The van der Waals surface area contributed by atoms with Crippen molar-refractivity contribution in [1.82, 2.24) is 0 Å². The van der Waals surface area contributed by atoms with Crippen LogP contribution in [0.25, 0.3) is 0 Å². The van der Waals surface area contributed by atoms with E-state index in [1.165, 1.54) is 0 Å². The number of halogens is 3. The van der Waals surface area contributed by atoms with E-state index in [1.54, 1.807) is 0 Å². The first-order valence-corrected chi connectivity index (χ1v) is 4.97. The van der Waals surface area contributed by atoms with Gasteiger partial charge in [-0.05, 0) is 24.4 Å². The maximum absolute atomic E-state index is 10.3. The van der Waals surface area contributed by atoms with Crippen molar-refractivity contribution in [1.29, 1.82) is 0 Å².